The van der Waals surface area contributed by atoms with Gasteiger partial charge in [-0.2, -0.15) is 0 Å². The van der Waals surface area contributed by atoms with Gasteiger partial charge in [-0.1, -0.05) is 12.1 Å². The van der Waals surface area contributed by atoms with Gasteiger partial charge in [0.1, 0.15) is 5.75 Å². The Kier molecular flexibility index (Phi) is 10.1. The summed E-state index contributed by atoms with van der Waals surface area (Å²) in [6, 6.07) is 11.3. The van der Waals surface area contributed by atoms with Crippen molar-refractivity contribution in [3.63, 3.8) is 0 Å². The summed E-state index contributed by atoms with van der Waals surface area (Å²) in [7, 11) is 6.73. The van der Waals surface area contributed by atoms with Crippen LogP contribution in [-0.4, -0.2) is 80.4 Å². The molecule has 1 heterocycles. The van der Waals surface area contributed by atoms with Crippen LogP contribution in [0.15, 0.2) is 42.6 Å². The first-order valence-corrected chi connectivity index (χ1v) is 10.2. The van der Waals surface area contributed by atoms with Gasteiger partial charge in [0.15, 0.2) is 0 Å². The Balaban J connectivity index is 2.08. The molecule has 0 radical (unpaired) electrons. The van der Waals surface area contributed by atoms with Crippen molar-refractivity contribution in [3.8, 4) is 5.75 Å². The lowest BCUT2D eigenvalue weighted by atomic mass is 10.1. The summed E-state index contributed by atoms with van der Waals surface area (Å²) in [5, 5.41) is 0. The number of rotatable bonds is 13. The van der Waals surface area contributed by atoms with Crippen LogP contribution in [0.1, 0.15) is 11.3 Å². The Labute approximate surface area is 184 Å². The van der Waals surface area contributed by atoms with E-state index in [1.165, 1.54) is 0 Å². The minimum atomic E-state index is -0.127. The number of benzene rings is 1. The minimum Gasteiger partial charge on any atom is -0.497 e. The lowest BCUT2D eigenvalue weighted by molar-refractivity contribution is -0.141. The summed E-state index contributed by atoms with van der Waals surface area (Å²) < 4.78 is 17.5. The van der Waals surface area contributed by atoms with E-state index in [4.69, 9.17) is 14.2 Å². The topological polar surface area (TPSA) is 73.2 Å². The number of hydrogen-bond donors (Lipinski definition) is 0. The van der Waals surface area contributed by atoms with Gasteiger partial charge in [-0.25, -0.2) is 0 Å². The van der Waals surface area contributed by atoms with E-state index in [9.17, 15) is 9.59 Å². The summed E-state index contributed by atoms with van der Waals surface area (Å²) in [6.07, 6.45) is 2.15. The first-order chi connectivity index (χ1) is 15.0. The summed E-state index contributed by atoms with van der Waals surface area (Å²) >= 11 is 0. The number of aryl methyl sites for hydroxylation is 1. The highest BCUT2D eigenvalue weighted by molar-refractivity contribution is 5.86. The van der Waals surface area contributed by atoms with Crippen molar-refractivity contribution in [2.75, 3.05) is 54.2 Å². The fraction of sp³-hybridized carbons (Fsp3) is 0.478. The normalized spacial score (nSPS) is 10.7. The van der Waals surface area contributed by atoms with Crippen molar-refractivity contribution in [1.82, 2.24) is 14.4 Å². The van der Waals surface area contributed by atoms with Gasteiger partial charge in [0.05, 0.1) is 39.8 Å². The van der Waals surface area contributed by atoms with Gasteiger partial charge >= 0.3 is 0 Å². The second kappa shape index (κ2) is 12.8. The average Bonchev–Trinajstić information content (AvgIpc) is 3.18. The molecular weight excluding hydrogens is 398 g/mol. The van der Waals surface area contributed by atoms with E-state index in [2.05, 4.69) is 0 Å². The molecule has 2 amide bonds. The SMILES string of the molecule is COCCN(CC(=O)N(CCOC)Cc1cccn1C)C(=O)Cc1ccc(OC)cc1. The lowest BCUT2D eigenvalue weighted by Gasteiger charge is -2.28. The van der Waals surface area contributed by atoms with Crippen LogP contribution in [0.5, 0.6) is 5.75 Å². The molecule has 0 fully saturated rings. The average molecular weight is 432 g/mol. The molecule has 0 aliphatic carbocycles. The third-order valence-electron chi connectivity index (χ3n) is 5.08. The van der Waals surface area contributed by atoms with Crippen molar-refractivity contribution in [2.24, 2.45) is 7.05 Å². The summed E-state index contributed by atoms with van der Waals surface area (Å²) in [5.41, 5.74) is 1.87. The van der Waals surface area contributed by atoms with Gasteiger partial charge in [0, 0.05) is 46.2 Å². The molecule has 0 bridgehead atoms. The molecule has 170 valence electrons. The molecule has 0 unspecified atom stereocenters. The third kappa shape index (κ3) is 7.73. The Morgan fingerprint density at radius 1 is 0.903 bits per heavy atom. The van der Waals surface area contributed by atoms with Gasteiger partial charge in [-0.05, 0) is 29.8 Å². The van der Waals surface area contributed by atoms with E-state index < -0.39 is 0 Å². The van der Waals surface area contributed by atoms with Crippen molar-refractivity contribution < 1.29 is 23.8 Å². The second-order valence-electron chi connectivity index (χ2n) is 7.25. The van der Waals surface area contributed by atoms with Crippen LogP contribution in [0.3, 0.4) is 0 Å². The van der Waals surface area contributed by atoms with Gasteiger partial charge in [-0.3, -0.25) is 9.59 Å². The Morgan fingerprint density at radius 3 is 2.10 bits per heavy atom. The highest BCUT2D eigenvalue weighted by atomic mass is 16.5. The van der Waals surface area contributed by atoms with Crippen LogP contribution in [0.25, 0.3) is 0 Å². The van der Waals surface area contributed by atoms with Crippen LogP contribution in [0.2, 0.25) is 0 Å². The number of ether oxygens (including phenoxy) is 3. The maximum atomic E-state index is 13.1. The first kappa shape index (κ1) is 24.4. The fourth-order valence-electron chi connectivity index (χ4n) is 3.14. The van der Waals surface area contributed by atoms with E-state index in [1.54, 1.807) is 31.1 Å². The van der Waals surface area contributed by atoms with Gasteiger partial charge in [-0.15, -0.1) is 0 Å². The molecule has 1 aromatic carbocycles. The number of aromatic nitrogens is 1. The maximum absolute atomic E-state index is 13.1. The second-order valence-corrected chi connectivity index (χ2v) is 7.25. The molecule has 0 spiro atoms. The largest absolute Gasteiger partial charge is 0.497 e. The van der Waals surface area contributed by atoms with Crippen molar-refractivity contribution >= 4 is 11.8 Å². The molecule has 2 aromatic rings. The number of carbonyl (C=O) groups excluding carboxylic acids is 2. The van der Waals surface area contributed by atoms with Crippen molar-refractivity contribution in [2.45, 2.75) is 13.0 Å². The predicted molar refractivity (Wildman–Crippen MR) is 118 cm³/mol. The molecule has 0 saturated heterocycles. The minimum absolute atomic E-state index is 0.00746. The predicted octanol–water partition coefficient (Wildman–Crippen LogP) is 1.73. The quantitative estimate of drug-likeness (QED) is 0.483. The maximum Gasteiger partial charge on any atom is 0.242 e. The van der Waals surface area contributed by atoms with Crippen LogP contribution in [0, 0.1) is 0 Å². The molecule has 2 rings (SSSR count). The number of methoxy groups -OCH3 is 3. The van der Waals surface area contributed by atoms with Crippen LogP contribution in [0.4, 0.5) is 0 Å². The van der Waals surface area contributed by atoms with Gasteiger partial charge < -0.3 is 28.6 Å². The Morgan fingerprint density at radius 2 is 1.55 bits per heavy atom. The summed E-state index contributed by atoms with van der Waals surface area (Å²) in [4.78, 5) is 29.3. The molecule has 8 nitrogen and oxygen atoms in total. The number of nitrogens with zero attached hydrogens (tertiary/aromatic N) is 3. The zero-order chi connectivity index (χ0) is 22.6. The molecule has 8 heteroatoms. The monoisotopic (exact) mass is 431 g/mol. The molecule has 31 heavy (non-hydrogen) atoms. The van der Waals surface area contributed by atoms with Gasteiger partial charge in [0.2, 0.25) is 11.8 Å². The zero-order valence-electron chi connectivity index (χ0n) is 18.9. The number of carbonyl (C=O) groups is 2. The number of hydrogen-bond acceptors (Lipinski definition) is 5. The molecule has 0 N–H and O–H groups in total. The molecule has 0 aliphatic rings. The van der Waals surface area contributed by atoms with E-state index in [-0.39, 0.29) is 24.8 Å². The highest BCUT2D eigenvalue weighted by Crippen LogP contribution is 2.13. The molecular formula is C23H33N3O5. The summed E-state index contributed by atoms with van der Waals surface area (Å²) in [6.45, 7) is 2.03. The van der Waals surface area contributed by atoms with E-state index in [1.807, 2.05) is 54.2 Å². The van der Waals surface area contributed by atoms with E-state index in [0.717, 1.165) is 17.0 Å². The highest BCUT2D eigenvalue weighted by Gasteiger charge is 2.22. The lowest BCUT2D eigenvalue weighted by Crippen LogP contribution is -2.45. The Hall–Kier alpha value is -2.84. The first-order valence-electron chi connectivity index (χ1n) is 10.2. The zero-order valence-corrected chi connectivity index (χ0v) is 18.9. The third-order valence-corrected chi connectivity index (χ3v) is 5.08. The standard InChI is InChI=1S/C23H33N3O5/c1-24-11-5-6-20(24)17-25(12-14-29-2)23(28)18-26(13-15-30-3)22(27)16-19-7-9-21(31-4)10-8-19/h5-11H,12-18H2,1-4H3. The van der Waals surface area contributed by atoms with Crippen LogP contribution < -0.4 is 4.74 Å². The van der Waals surface area contributed by atoms with Crippen molar-refractivity contribution in [1.29, 1.82) is 0 Å². The summed E-state index contributed by atoms with van der Waals surface area (Å²) in [5.74, 6) is 0.482. The molecule has 0 saturated carbocycles. The van der Waals surface area contributed by atoms with Crippen LogP contribution >= 0.6 is 0 Å². The molecule has 0 atom stereocenters. The fourth-order valence-corrected chi connectivity index (χ4v) is 3.14. The van der Waals surface area contributed by atoms with E-state index in [0.29, 0.717) is 32.8 Å². The molecule has 1 aromatic heterocycles. The number of amides is 2. The van der Waals surface area contributed by atoms with Gasteiger partial charge in [0.25, 0.3) is 0 Å². The van der Waals surface area contributed by atoms with Crippen molar-refractivity contribution in [3.05, 3.63) is 53.9 Å². The smallest absolute Gasteiger partial charge is 0.242 e. The van der Waals surface area contributed by atoms with Crippen LogP contribution in [-0.2, 0) is 39.1 Å². The molecule has 0 aliphatic heterocycles. The Bertz CT molecular complexity index is 819. The van der Waals surface area contributed by atoms with E-state index >= 15 is 0 Å².